The SMILES string of the molecule is CC.CCP(C)(C)(C)c1ccccc1-c1nc2ccccc2nc1-c1ccccc1. The second-order valence-electron chi connectivity index (χ2n) is 8.73. The van der Waals surface area contributed by atoms with Gasteiger partial charge in [-0.05, 0) is 0 Å². The number of hydrogen-bond acceptors (Lipinski definition) is 2. The Morgan fingerprint density at radius 2 is 1.13 bits per heavy atom. The molecule has 3 aromatic carbocycles. The van der Waals surface area contributed by atoms with Crippen molar-refractivity contribution in [3.05, 3.63) is 78.9 Å². The zero-order valence-corrected chi connectivity index (χ0v) is 19.9. The number of nitrogens with zero attached hydrogens (tertiary/aromatic N) is 2. The van der Waals surface area contributed by atoms with Crippen LogP contribution in [0.25, 0.3) is 33.5 Å². The van der Waals surface area contributed by atoms with Gasteiger partial charge in [0.25, 0.3) is 0 Å². The first-order valence-electron chi connectivity index (χ1n) is 10.8. The molecule has 0 unspecified atom stereocenters. The summed E-state index contributed by atoms with van der Waals surface area (Å²) in [6.45, 7) is 11.6. The third kappa shape index (κ3) is 4.30. The molecule has 0 aliphatic rings. The predicted octanol–water partition coefficient (Wildman–Crippen LogP) is 7.08. The van der Waals surface area contributed by atoms with Crippen LogP contribution in [0.1, 0.15) is 20.8 Å². The number of para-hydroxylation sites is 2. The summed E-state index contributed by atoms with van der Waals surface area (Å²) in [6, 6.07) is 27.3. The zero-order chi connectivity index (χ0) is 21.8. The van der Waals surface area contributed by atoms with Gasteiger partial charge in [-0.25, -0.2) is 0 Å². The Balaban J connectivity index is 0.00000124. The van der Waals surface area contributed by atoms with E-state index in [2.05, 4.69) is 75.4 Å². The van der Waals surface area contributed by atoms with Crippen LogP contribution in [0.15, 0.2) is 78.9 Å². The Morgan fingerprint density at radius 3 is 1.73 bits per heavy atom. The van der Waals surface area contributed by atoms with Crippen molar-refractivity contribution >= 4 is 22.9 Å². The zero-order valence-electron chi connectivity index (χ0n) is 19.1. The van der Waals surface area contributed by atoms with Crippen LogP contribution in [0.4, 0.5) is 0 Å². The van der Waals surface area contributed by atoms with Crippen molar-refractivity contribution in [2.24, 2.45) is 0 Å². The fourth-order valence-electron chi connectivity index (χ4n) is 3.55. The van der Waals surface area contributed by atoms with Crippen molar-refractivity contribution in [2.45, 2.75) is 20.8 Å². The van der Waals surface area contributed by atoms with Gasteiger partial charge in [-0.2, -0.15) is 0 Å². The van der Waals surface area contributed by atoms with Gasteiger partial charge in [0.15, 0.2) is 0 Å². The van der Waals surface area contributed by atoms with E-state index in [9.17, 15) is 0 Å². The van der Waals surface area contributed by atoms with Crippen molar-refractivity contribution in [3.63, 3.8) is 0 Å². The summed E-state index contributed by atoms with van der Waals surface area (Å²) in [5, 5.41) is 1.43. The molecule has 0 radical (unpaired) electrons. The quantitative estimate of drug-likeness (QED) is 0.332. The van der Waals surface area contributed by atoms with E-state index in [1.807, 2.05) is 44.2 Å². The molecule has 0 fully saturated rings. The first-order chi connectivity index (χ1) is 14.4. The molecule has 156 valence electrons. The van der Waals surface area contributed by atoms with Crippen LogP contribution < -0.4 is 5.30 Å². The topological polar surface area (TPSA) is 25.8 Å². The van der Waals surface area contributed by atoms with E-state index >= 15 is 0 Å². The first-order valence-corrected chi connectivity index (χ1v) is 14.6. The average Bonchev–Trinajstić information content (AvgIpc) is 2.80. The Morgan fingerprint density at radius 1 is 0.633 bits per heavy atom. The summed E-state index contributed by atoms with van der Waals surface area (Å²) in [5.41, 5.74) is 6.12. The summed E-state index contributed by atoms with van der Waals surface area (Å²) < 4.78 is 0. The normalized spacial score (nSPS) is 12.5. The van der Waals surface area contributed by atoms with Gasteiger partial charge in [-0.3, -0.25) is 0 Å². The van der Waals surface area contributed by atoms with Gasteiger partial charge >= 0.3 is 167 Å². The molecular weight excluding hydrogens is 383 g/mol. The molecule has 2 nitrogen and oxygen atoms in total. The van der Waals surface area contributed by atoms with Crippen LogP contribution >= 0.6 is 6.60 Å². The second kappa shape index (κ2) is 8.66. The predicted molar refractivity (Wildman–Crippen MR) is 137 cm³/mol. The molecule has 0 aliphatic heterocycles. The molecule has 0 atom stereocenters. The fourth-order valence-corrected chi connectivity index (χ4v) is 5.61. The first kappa shape index (κ1) is 22.1. The van der Waals surface area contributed by atoms with Crippen molar-refractivity contribution in [2.75, 3.05) is 26.2 Å². The van der Waals surface area contributed by atoms with Crippen LogP contribution in [-0.4, -0.2) is 36.1 Å². The van der Waals surface area contributed by atoms with Gasteiger partial charge < -0.3 is 0 Å². The molecule has 0 aliphatic carbocycles. The fraction of sp³-hybridized carbons (Fsp3) is 0.259. The third-order valence-electron chi connectivity index (χ3n) is 5.78. The number of rotatable bonds is 4. The van der Waals surface area contributed by atoms with Gasteiger partial charge in [0, 0.05) is 0 Å². The Kier molecular flexibility index (Phi) is 6.38. The molecule has 0 spiro atoms. The van der Waals surface area contributed by atoms with Gasteiger partial charge in [0.2, 0.25) is 0 Å². The molecular formula is C27H33N2P. The van der Waals surface area contributed by atoms with Crippen molar-refractivity contribution in [1.29, 1.82) is 0 Å². The van der Waals surface area contributed by atoms with Crippen molar-refractivity contribution in [1.82, 2.24) is 9.97 Å². The van der Waals surface area contributed by atoms with Crippen LogP contribution in [0.5, 0.6) is 0 Å². The molecule has 30 heavy (non-hydrogen) atoms. The van der Waals surface area contributed by atoms with Crippen molar-refractivity contribution < 1.29 is 0 Å². The molecule has 3 heteroatoms. The van der Waals surface area contributed by atoms with E-state index in [4.69, 9.17) is 9.97 Å². The Labute approximate surface area is 181 Å². The molecule has 1 aromatic heterocycles. The Hall–Kier alpha value is -2.57. The summed E-state index contributed by atoms with van der Waals surface area (Å²) in [4.78, 5) is 10.2. The van der Waals surface area contributed by atoms with Gasteiger partial charge in [-0.15, -0.1) is 0 Å². The van der Waals surface area contributed by atoms with E-state index in [0.717, 1.165) is 34.1 Å². The summed E-state index contributed by atoms with van der Waals surface area (Å²) in [5.74, 6) is 0. The molecule has 4 rings (SSSR count). The van der Waals surface area contributed by atoms with Crippen LogP contribution in [0.3, 0.4) is 0 Å². The number of fused-ring (bicyclic) bond motifs is 1. The van der Waals surface area contributed by atoms with Crippen LogP contribution in [0, 0.1) is 0 Å². The minimum atomic E-state index is -2.02. The molecule has 1 heterocycles. The van der Waals surface area contributed by atoms with E-state index in [1.54, 1.807) is 0 Å². The maximum atomic E-state index is 5.12. The van der Waals surface area contributed by atoms with E-state index in [1.165, 1.54) is 10.9 Å². The summed E-state index contributed by atoms with van der Waals surface area (Å²) >= 11 is 0. The molecule has 0 bridgehead atoms. The van der Waals surface area contributed by atoms with E-state index in [0.29, 0.717) is 0 Å². The number of benzene rings is 3. The van der Waals surface area contributed by atoms with Crippen LogP contribution in [0.2, 0.25) is 0 Å². The third-order valence-corrected chi connectivity index (χ3v) is 10.2. The molecule has 4 aromatic rings. The molecule has 0 saturated heterocycles. The maximum absolute atomic E-state index is 5.12. The average molecular weight is 417 g/mol. The van der Waals surface area contributed by atoms with E-state index in [-0.39, 0.29) is 0 Å². The standard InChI is InChI=1S/C25H27N2P.C2H6/c1-5-28(2,3,4)23-18-12-9-15-20(23)25-24(19-13-7-6-8-14-19)26-21-16-10-11-17-22(21)27-25;1-2/h6-18H,5H2,1-4H3;1-2H3. The molecule has 0 amide bonds. The summed E-state index contributed by atoms with van der Waals surface area (Å²) in [7, 11) is 0. The van der Waals surface area contributed by atoms with Gasteiger partial charge in [-0.1, -0.05) is 13.8 Å². The van der Waals surface area contributed by atoms with Crippen molar-refractivity contribution in [3.8, 4) is 22.5 Å². The monoisotopic (exact) mass is 416 g/mol. The second-order valence-corrected chi connectivity index (χ2v) is 16.1. The summed E-state index contributed by atoms with van der Waals surface area (Å²) in [6.07, 6.45) is 1.16. The number of aromatic nitrogens is 2. The van der Waals surface area contributed by atoms with Gasteiger partial charge in [0.05, 0.1) is 0 Å². The van der Waals surface area contributed by atoms with E-state index < -0.39 is 6.60 Å². The number of hydrogen-bond donors (Lipinski definition) is 0. The molecule has 0 N–H and O–H groups in total. The minimum absolute atomic E-state index is 0.931. The van der Waals surface area contributed by atoms with Crippen LogP contribution in [-0.2, 0) is 0 Å². The van der Waals surface area contributed by atoms with Gasteiger partial charge in [0.1, 0.15) is 0 Å². The Bertz CT molecular complexity index is 1140. The molecule has 0 saturated carbocycles.